The molecule has 9 heteroatoms. The van der Waals surface area contributed by atoms with Gasteiger partial charge in [-0.2, -0.15) is 0 Å². The number of rotatable bonds is 7. The molecule has 0 spiro atoms. The molecule has 2 aliphatic heterocycles. The molecule has 1 saturated heterocycles. The first-order valence-electron chi connectivity index (χ1n) is 9.38. The molecule has 2 heterocycles. The van der Waals surface area contributed by atoms with E-state index in [1.807, 2.05) is 19.1 Å². The van der Waals surface area contributed by atoms with Gasteiger partial charge in [-0.15, -0.1) is 0 Å². The molecule has 8 nitrogen and oxygen atoms in total. The highest BCUT2D eigenvalue weighted by Crippen LogP contribution is 2.32. The lowest BCUT2D eigenvalue weighted by atomic mass is 10.0. The first kappa shape index (κ1) is 20.6. The predicted molar refractivity (Wildman–Crippen MR) is 112 cm³/mol. The molecular formula is C19H23IN4O4. The van der Waals surface area contributed by atoms with Crippen molar-refractivity contribution in [2.45, 2.75) is 45.2 Å². The highest BCUT2D eigenvalue weighted by Gasteiger charge is 2.39. The van der Waals surface area contributed by atoms with Crippen molar-refractivity contribution in [2.75, 3.05) is 18.4 Å². The lowest BCUT2D eigenvalue weighted by Crippen LogP contribution is -2.52. The van der Waals surface area contributed by atoms with Crippen molar-refractivity contribution in [1.29, 1.82) is 0 Å². The molecule has 1 fully saturated rings. The second-order valence-corrected chi connectivity index (χ2v) is 8.08. The van der Waals surface area contributed by atoms with Crippen LogP contribution in [0.5, 0.6) is 0 Å². The average Bonchev–Trinajstić information content (AvgIpc) is 2.95. The number of hydrogen-bond donors (Lipinski definition) is 3. The van der Waals surface area contributed by atoms with Gasteiger partial charge in [0, 0.05) is 47.3 Å². The van der Waals surface area contributed by atoms with E-state index in [1.165, 1.54) is 4.90 Å². The Labute approximate surface area is 176 Å². The third-order valence-electron chi connectivity index (χ3n) is 4.85. The van der Waals surface area contributed by atoms with E-state index >= 15 is 0 Å². The van der Waals surface area contributed by atoms with E-state index < -0.39 is 11.9 Å². The summed E-state index contributed by atoms with van der Waals surface area (Å²) in [7, 11) is 0. The van der Waals surface area contributed by atoms with Crippen molar-refractivity contribution in [3.8, 4) is 0 Å². The summed E-state index contributed by atoms with van der Waals surface area (Å²) in [5, 5.41) is 8.45. The van der Waals surface area contributed by atoms with Crippen molar-refractivity contribution in [3.05, 3.63) is 26.8 Å². The minimum Gasteiger partial charge on any atom is -0.382 e. The van der Waals surface area contributed by atoms with E-state index in [0.29, 0.717) is 38.0 Å². The molecule has 0 aromatic heterocycles. The molecule has 0 radical (unpaired) electrons. The minimum atomic E-state index is -0.611. The largest absolute Gasteiger partial charge is 0.382 e. The third kappa shape index (κ3) is 4.45. The summed E-state index contributed by atoms with van der Waals surface area (Å²) in [6.07, 6.45) is 1.93. The molecule has 4 amide bonds. The maximum absolute atomic E-state index is 12.8. The van der Waals surface area contributed by atoms with Crippen molar-refractivity contribution < 1.29 is 19.2 Å². The maximum Gasteiger partial charge on any atom is 0.255 e. The minimum absolute atomic E-state index is 0.0402. The number of benzene rings is 1. The van der Waals surface area contributed by atoms with Crippen LogP contribution in [0.1, 0.15) is 48.5 Å². The van der Waals surface area contributed by atoms with Crippen molar-refractivity contribution in [1.82, 2.24) is 15.5 Å². The Morgan fingerprint density at radius 1 is 1.29 bits per heavy atom. The quantitative estimate of drug-likeness (QED) is 0.299. The lowest BCUT2D eigenvalue weighted by molar-refractivity contribution is -0.137. The summed E-state index contributed by atoms with van der Waals surface area (Å²) in [4.78, 5) is 49.3. The van der Waals surface area contributed by atoms with Gasteiger partial charge in [0.1, 0.15) is 6.04 Å². The summed E-state index contributed by atoms with van der Waals surface area (Å²) >= 11 is 2.17. The summed E-state index contributed by atoms with van der Waals surface area (Å²) in [6, 6.07) is 3.14. The molecule has 1 atom stereocenters. The normalized spacial score (nSPS) is 18.7. The van der Waals surface area contributed by atoms with Crippen LogP contribution >= 0.6 is 22.6 Å². The Bertz CT molecular complexity index is 826. The van der Waals surface area contributed by atoms with Crippen LogP contribution in [0.3, 0.4) is 0 Å². The van der Waals surface area contributed by atoms with Gasteiger partial charge in [0.25, 0.3) is 5.91 Å². The molecule has 1 aromatic carbocycles. The number of hydrogen-bond acceptors (Lipinski definition) is 5. The second-order valence-electron chi connectivity index (χ2n) is 6.92. The Kier molecular flexibility index (Phi) is 6.53. The summed E-state index contributed by atoms with van der Waals surface area (Å²) in [5.41, 5.74) is 2.34. The van der Waals surface area contributed by atoms with Crippen molar-refractivity contribution in [3.63, 3.8) is 0 Å². The number of carbonyl (C=O) groups excluding carboxylic acids is 4. The molecule has 28 heavy (non-hydrogen) atoms. The number of piperidine rings is 1. The van der Waals surface area contributed by atoms with E-state index in [4.69, 9.17) is 0 Å². The Morgan fingerprint density at radius 2 is 2.07 bits per heavy atom. The Hall–Kier alpha value is -2.17. The van der Waals surface area contributed by atoms with Crippen LogP contribution in [0.2, 0.25) is 0 Å². The van der Waals surface area contributed by atoms with E-state index in [0.717, 1.165) is 21.2 Å². The topological polar surface area (TPSA) is 108 Å². The molecule has 3 N–H and O–H groups in total. The zero-order chi connectivity index (χ0) is 20.3. The first-order valence-corrected chi connectivity index (χ1v) is 10.5. The number of fused-ring (bicyclic) bond motifs is 1. The molecule has 0 aliphatic carbocycles. The van der Waals surface area contributed by atoms with Crippen LogP contribution in [0.4, 0.5) is 5.69 Å². The number of anilines is 1. The molecule has 150 valence electrons. The molecule has 0 saturated carbocycles. The van der Waals surface area contributed by atoms with E-state index in [1.54, 1.807) is 0 Å². The number of carbonyl (C=O) groups is 4. The fourth-order valence-electron chi connectivity index (χ4n) is 3.44. The van der Waals surface area contributed by atoms with E-state index in [-0.39, 0.29) is 24.1 Å². The molecule has 3 rings (SSSR count). The maximum atomic E-state index is 12.8. The van der Waals surface area contributed by atoms with E-state index in [2.05, 4.69) is 38.5 Å². The fraction of sp³-hybridized carbons (Fsp3) is 0.474. The average molecular weight is 498 g/mol. The van der Waals surface area contributed by atoms with Crippen LogP contribution in [0, 0.1) is 3.57 Å². The van der Waals surface area contributed by atoms with Gasteiger partial charge in [-0.3, -0.25) is 24.5 Å². The standard InChI is InChI=1S/C19H23IN4O4/c1-2-3-16(25)22-7-6-21-14-8-11-10-24(19(28)12(11)9-13(14)20)15-4-5-17(26)23-18(15)27/h8-9,15,21H,2-7,10H2,1H3,(H,22,25)(H,23,26,27). The van der Waals surface area contributed by atoms with Gasteiger partial charge < -0.3 is 15.5 Å². The molecular weight excluding hydrogens is 475 g/mol. The van der Waals surface area contributed by atoms with Gasteiger partial charge in [0.15, 0.2) is 0 Å². The lowest BCUT2D eigenvalue weighted by Gasteiger charge is -2.29. The van der Waals surface area contributed by atoms with Gasteiger partial charge in [-0.1, -0.05) is 6.92 Å². The van der Waals surface area contributed by atoms with Gasteiger partial charge in [-0.25, -0.2) is 0 Å². The highest BCUT2D eigenvalue weighted by atomic mass is 127. The summed E-state index contributed by atoms with van der Waals surface area (Å²) in [6.45, 7) is 3.41. The van der Waals surface area contributed by atoms with Gasteiger partial charge in [-0.05, 0) is 53.1 Å². The van der Waals surface area contributed by atoms with Gasteiger partial charge in [0.05, 0.1) is 0 Å². The third-order valence-corrected chi connectivity index (χ3v) is 5.74. The molecule has 1 aromatic rings. The zero-order valence-electron chi connectivity index (χ0n) is 15.6. The number of nitrogens with zero attached hydrogens (tertiary/aromatic N) is 1. The fourth-order valence-corrected chi connectivity index (χ4v) is 4.10. The number of imide groups is 1. The van der Waals surface area contributed by atoms with Crippen molar-refractivity contribution in [2.24, 2.45) is 0 Å². The van der Waals surface area contributed by atoms with Gasteiger partial charge >= 0.3 is 0 Å². The van der Waals surface area contributed by atoms with Crippen LogP contribution in [0.25, 0.3) is 0 Å². The van der Waals surface area contributed by atoms with Crippen LogP contribution in [-0.2, 0) is 20.9 Å². The summed E-state index contributed by atoms with van der Waals surface area (Å²) in [5.74, 6) is -0.843. The van der Waals surface area contributed by atoms with Crippen LogP contribution < -0.4 is 16.0 Å². The molecule has 2 aliphatic rings. The number of halogens is 1. The molecule has 1 unspecified atom stereocenters. The summed E-state index contributed by atoms with van der Waals surface area (Å²) < 4.78 is 0.898. The van der Waals surface area contributed by atoms with Crippen LogP contribution in [-0.4, -0.2) is 47.7 Å². The van der Waals surface area contributed by atoms with Gasteiger partial charge in [0.2, 0.25) is 17.7 Å². The predicted octanol–water partition coefficient (Wildman–Crippen LogP) is 1.38. The Morgan fingerprint density at radius 3 is 2.79 bits per heavy atom. The Balaban J connectivity index is 1.64. The van der Waals surface area contributed by atoms with Crippen molar-refractivity contribution >= 4 is 51.9 Å². The number of nitrogens with one attached hydrogen (secondary N) is 3. The number of amides is 4. The highest BCUT2D eigenvalue weighted by molar-refractivity contribution is 14.1. The molecule has 0 bridgehead atoms. The first-order chi connectivity index (χ1) is 13.4. The zero-order valence-corrected chi connectivity index (χ0v) is 17.8. The smallest absolute Gasteiger partial charge is 0.255 e. The monoisotopic (exact) mass is 498 g/mol. The second kappa shape index (κ2) is 8.89. The van der Waals surface area contributed by atoms with E-state index in [9.17, 15) is 19.2 Å². The SMILES string of the molecule is CCCC(=O)NCCNc1cc2c(cc1I)C(=O)N(C1CCC(=O)NC1=O)C2. The van der Waals surface area contributed by atoms with Crippen LogP contribution in [0.15, 0.2) is 12.1 Å².